The second-order valence-electron chi connectivity index (χ2n) is 12.8. The zero-order valence-electron chi connectivity index (χ0n) is 28.8. The summed E-state index contributed by atoms with van der Waals surface area (Å²) in [6.07, 6.45) is 5.15. The molecule has 1 aliphatic heterocycles. The largest absolute Gasteiger partial charge is 0.494 e. The molecule has 9 heteroatoms. The van der Waals surface area contributed by atoms with Crippen LogP contribution in [0, 0.1) is 11.8 Å². The van der Waals surface area contributed by atoms with Crippen molar-refractivity contribution in [1.29, 1.82) is 0 Å². The maximum atomic E-state index is 10.7. The van der Waals surface area contributed by atoms with E-state index < -0.39 is 30.5 Å². The van der Waals surface area contributed by atoms with Crippen LogP contribution >= 0.6 is 34.2 Å². The van der Waals surface area contributed by atoms with Crippen molar-refractivity contribution in [2.45, 2.75) is 110 Å². The zero-order chi connectivity index (χ0) is 33.6. The zero-order valence-corrected chi connectivity index (χ0v) is 31.7. The molecule has 0 radical (unpaired) electrons. The molecule has 2 fully saturated rings. The molecule has 264 valence electrons. The smallest absolute Gasteiger partial charge is 0.126 e. The maximum Gasteiger partial charge on any atom is 0.126 e. The highest BCUT2D eigenvalue weighted by Crippen LogP contribution is 2.45. The Kier molecular flexibility index (Phi) is 16.9. The first kappa shape index (κ1) is 38.7. The molecule has 1 aliphatic carbocycles. The summed E-state index contributed by atoms with van der Waals surface area (Å²) in [5.74, 6) is 2.78. The van der Waals surface area contributed by atoms with Gasteiger partial charge in [-0.1, -0.05) is 86.4 Å². The predicted octanol–water partition coefficient (Wildman–Crippen LogP) is 8.77. The van der Waals surface area contributed by atoms with Gasteiger partial charge in [0.05, 0.1) is 19.8 Å². The minimum Gasteiger partial charge on any atom is -0.494 e. The van der Waals surface area contributed by atoms with E-state index >= 15 is 0 Å². The second-order valence-corrected chi connectivity index (χ2v) is 14.1. The van der Waals surface area contributed by atoms with E-state index in [0.29, 0.717) is 62.1 Å². The van der Waals surface area contributed by atoms with Crippen LogP contribution in [0.4, 0.5) is 0 Å². The minimum atomic E-state index is -0.584. The van der Waals surface area contributed by atoms with Gasteiger partial charge < -0.3 is 33.5 Å². The van der Waals surface area contributed by atoms with Crippen molar-refractivity contribution < 1.29 is 33.5 Å². The Morgan fingerprint density at radius 2 is 1.47 bits per heavy atom. The molecule has 0 spiro atoms. The average molecular weight is 787 g/mol. The summed E-state index contributed by atoms with van der Waals surface area (Å²) in [7, 11) is 0. The Morgan fingerprint density at radius 1 is 0.830 bits per heavy atom. The highest BCUT2D eigenvalue weighted by atomic mass is 127. The third kappa shape index (κ3) is 11.2. The van der Waals surface area contributed by atoms with Crippen LogP contribution in [0.15, 0.2) is 36.4 Å². The molecular weight excluding hydrogens is 731 g/mol. The SMILES string of the molecule is CCCCO[C@@H]1[C@@H](OCCCC)[C@H](c2cc(Cc3ccc(OCC)cc3)c(Cl)cc2OC[C@@H]2C[C@@H]2CI)O[C@H](CO)[C@H]1OCCCC. The van der Waals surface area contributed by atoms with E-state index in [1.807, 2.05) is 25.1 Å². The summed E-state index contributed by atoms with van der Waals surface area (Å²) >= 11 is 9.46. The molecule has 4 rings (SSSR count). The molecule has 2 aromatic rings. The van der Waals surface area contributed by atoms with Gasteiger partial charge in [0.2, 0.25) is 0 Å². The Balaban J connectivity index is 1.74. The number of hydrogen-bond donors (Lipinski definition) is 1. The van der Waals surface area contributed by atoms with Gasteiger partial charge in [-0.3, -0.25) is 0 Å². The van der Waals surface area contributed by atoms with Gasteiger partial charge in [0, 0.05) is 34.8 Å². The molecule has 1 N–H and O–H groups in total. The van der Waals surface area contributed by atoms with E-state index in [9.17, 15) is 5.11 Å². The molecule has 47 heavy (non-hydrogen) atoms. The number of unbranched alkanes of at least 4 members (excludes halogenated alkanes) is 3. The van der Waals surface area contributed by atoms with Crippen molar-refractivity contribution in [2.24, 2.45) is 11.8 Å². The Labute approximate surface area is 301 Å². The lowest BCUT2D eigenvalue weighted by Crippen LogP contribution is -2.58. The number of rotatable bonds is 22. The first-order valence-corrected chi connectivity index (χ1v) is 19.7. The molecule has 7 atom stereocenters. The number of hydrogen-bond acceptors (Lipinski definition) is 7. The lowest BCUT2D eigenvalue weighted by molar-refractivity contribution is -0.266. The molecule has 7 nitrogen and oxygen atoms in total. The van der Waals surface area contributed by atoms with Gasteiger partial charge >= 0.3 is 0 Å². The van der Waals surface area contributed by atoms with E-state index in [4.69, 9.17) is 40.0 Å². The molecule has 1 saturated heterocycles. The molecular formula is C38H56ClIO7. The molecule has 2 aliphatic rings. The first-order chi connectivity index (χ1) is 23.0. The predicted molar refractivity (Wildman–Crippen MR) is 196 cm³/mol. The van der Waals surface area contributed by atoms with E-state index in [1.54, 1.807) is 0 Å². The summed E-state index contributed by atoms with van der Waals surface area (Å²) in [5.41, 5.74) is 2.96. The standard InChI is InChI=1S/C38H56ClIO7/c1-5-9-16-43-36-34(24-41)47-35(37(44-17-10-6-2)38(36)45-18-11-7-3)31-21-27(19-26-12-14-30(15-13-26)42-8-4)32(39)22-33(31)46-25-29-20-28(29)23-40/h12-15,21-22,28-29,34-38,41H,5-11,16-20,23-25H2,1-4H3/t28-,29+,34-,35+,36-,37+,38+/m1/s1. The first-order valence-electron chi connectivity index (χ1n) is 17.8. The van der Waals surface area contributed by atoms with Gasteiger partial charge in [-0.05, 0) is 86.3 Å². The number of aliphatic hydroxyl groups is 1. The Bertz CT molecular complexity index is 1180. The van der Waals surface area contributed by atoms with Gasteiger partial charge in [-0.2, -0.15) is 0 Å². The number of halogens is 2. The van der Waals surface area contributed by atoms with Crippen LogP contribution in [0.25, 0.3) is 0 Å². The fraction of sp³-hybridized carbons (Fsp3) is 0.684. The van der Waals surface area contributed by atoms with E-state index in [0.717, 1.165) is 65.4 Å². The minimum absolute atomic E-state index is 0.190. The third-order valence-corrected chi connectivity index (χ3v) is 10.6. The summed E-state index contributed by atoms with van der Waals surface area (Å²) in [5, 5.41) is 11.3. The van der Waals surface area contributed by atoms with Crippen LogP contribution in [-0.4, -0.2) is 73.6 Å². The van der Waals surface area contributed by atoms with Crippen molar-refractivity contribution in [3.63, 3.8) is 0 Å². The monoisotopic (exact) mass is 786 g/mol. The molecule has 0 aromatic heterocycles. The summed E-state index contributed by atoms with van der Waals surface area (Å²) in [6.45, 7) is 11.2. The van der Waals surface area contributed by atoms with Crippen molar-refractivity contribution in [3.05, 3.63) is 58.1 Å². The highest BCUT2D eigenvalue weighted by Gasteiger charge is 2.49. The number of benzene rings is 2. The molecule has 0 amide bonds. The summed E-state index contributed by atoms with van der Waals surface area (Å²) < 4.78 is 39.9. The number of alkyl halides is 1. The lowest BCUT2D eigenvalue weighted by Gasteiger charge is -2.46. The topological polar surface area (TPSA) is 75.6 Å². The van der Waals surface area contributed by atoms with Gasteiger partial charge in [0.25, 0.3) is 0 Å². The van der Waals surface area contributed by atoms with Gasteiger partial charge in [-0.15, -0.1) is 0 Å². The van der Waals surface area contributed by atoms with Crippen LogP contribution in [-0.2, 0) is 25.4 Å². The normalized spacial score (nSPS) is 25.6. The summed E-state index contributed by atoms with van der Waals surface area (Å²) in [6, 6.07) is 12.2. The highest BCUT2D eigenvalue weighted by molar-refractivity contribution is 14.1. The van der Waals surface area contributed by atoms with Crippen LogP contribution < -0.4 is 9.47 Å². The van der Waals surface area contributed by atoms with Crippen LogP contribution in [0.3, 0.4) is 0 Å². The van der Waals surface area contributed by atoms with E-state index in [2.05, 4.69) is 61.6 Å². The van der Waals surface area contributed by atoms with Crippen LogP contribution in [0.1, 0.15) is 95.4 Å². The molecule has 0 bridgehead atoms. The molecule has 0 unspecified atom stereocenters. The second kappa shape index (κ2) is 20.5. The quantitative estimate of drug-likeness (QED) is 0.0727. The van der Waals surface area contributed by atoms with Crippen LogP contribution in [0.2, 0.25) is 5.02 Å². The van der Waals surface area contributed by atoms with E-state index in [1.165, 1.54) is 6.42 Å². The summed E-state index contributed by atoms with van der Waals surface area (Å²) in [4.78, 5) is 0. The van der Waals surface area contributed by atoms with Crippen LogP contribution in [0.5, 0.6) is 11.5 Å². The molecule has 1 saturated carbocycles. The van der Waals surface area contributed by atoms with Gasteiger partial charge in [0.1, 0.15) is 42.0 Å². The van der Waals surface area contributed by atoms with Crippen molar-refractivity contribution in [3.8, 4) is 11.5 Å². The molecule has 2 aromatic carbocycles. The fourth-order valence-electron chi connectivity index (χ4n) is 6.07. The Morgan fingerprint density at radius 3 is 2.04 bits per heavy atom. The Hall–Kier alpha value is -1.14. The lowest BCUT2D eigenvalue weighted by atomic mass is 9.88. The van der Waals surface area contributed by atoms with Crippen molar-refractivity contribution >= 4 is 34.2 Å². The average Bonchev–Trinajstić information content (AvgIpc) is 3.85. The van der Waals surface area contributed by atoms with Gasteiger partial charge in [-0.25, -0.2) is 0 Å². The third-order valence-electron chi connectivity index (χ3n) is 9.07. The van der Waals surface area contributed by atoms with Crippen molar-refractivity contribution in [1.82, 2.24) is 0 Å². The molecule has 1 heterocycles. The number of aliphatic hydroxyl groups excluding tert-OH is 1. The fourth-order valence-corrected chi connectivity index (χ4v) is 7.37. The number of ether oxygens (including phenoxy) is 6. The van der Waals surface area contributed by atoms with Crippen molar-refractivity contribution in [2.75, 3.05) is 44.1 Å². The maximum absolute atomic E-state index is 10.7. The van der Waals surface area contributed by atoms with Gasteiger partial charge in [0.15, 0.2) is 0 Å². The van der Waals surface area contributed by atoms with E-state index in [-0.39, 0.29) is 6.61 Å².